The maximum Gasteiger partial charge on any atom is 0.246 e. The molecule has 0 saturated carbocycles. The normalized spacial score (nSPS) is 19.2. The topological polar surface area (TPSA) is 121 Å². The largest absolute Gasteiger partial charge is 0.391 e. The molecular formula is C27H37ClN4O5S. The van der Waals surface area contributed by atoms with E-state index in [1.807, 2.05) is 64.4 Å². The van der Waals surface area contributed by atoms with E-state index in [4.69, 9.17) is 16.3 Å². The summed E-state index contributed by atoms with van der Waals surface area (Å²) < 4.78 is 5.18. The molecule has 1 fully saturated rings. The first kappa shape index (κ1) is 30.0. The molecule has 0 radical (unpaired) electrons. The molecule has 1 saturated heterocycles. The average molecular weight is 565 g/mol. The maximum absolute atomic E-state index is 13.6. The van der Waals surface area contributed by atoms with E-state index in [2.05, 4.69) is 15.6 Å². The van der Waals surface area contributed by atoms with Crippen LogP contribution in [0.25, 0.3) is 10.4 Å². The number of carbonyl (C=O) groups is 3. The van der Waals surface area contributed by atoms with E-state index >= 15 is 0 Å². The molecule has 0 unspecified atom stereocenters. The van der Waals surface area contributed by atoms with Crippen molar-refractivity contribution in [2.45, 2.75) is 65.3 Å². The lowest BCUT2D eigenvalue weighted by molar-refractivity contribution is -0.144. The zero-order valence-electron chi connectivity index (χ0n) is 22.5. The Morgan fingerprint density at radius 1 is 1.24 bits per heavy atom. The smallest absolute Gasteiger partial charge is 0.246 e. The highest BCUT2D eigenvalue weighted by Gasteiger charge is 2.44. The van der Waals surface area contributed by atoms with Crippen molar-refractivity contribution in [3.8, 4) is 10.4 Å². The molecule has 1 aliphatic heterocycles. The molecule has 3 rings (SSSR count). The van der Waals surface area contributed by atoms with Crippen molar-refractivity contribution in [3.63, 3.8) is 0 Å². The summed E-state index contributed by atoms with van der Waals surface area (Å²) in [5.74, 6) is -0.966. The molecule has 1 aromatic heterocycles. The van der Waals surface area contributed by atoms with Gasteiger partial charge < -0.3 is 25.4 Å². The Kier molecular flexibility index (Phi) is 10.3. The Morgan fingerprint density at radius 2 is 1.92 bits per heavy atom. The molecule has 1 aromatic carbocycles. The van der Waals surface area contributed by atoms with Gasteiger partial charge in [0.1, 0.15) is 18.7 Å². The van der Waals surface area contributed by atoms with Crippen LogP contribution in [0, 0.1) is 12.3 Å². The lowest BCUT2D eigenvalue weighted by Crippen LogP contribution is -2.58. The Labute approximate surface area is 232 Å². The summed E-state index contributed by atoms with van der Waals surface area (Å²) in [7, 11) is 0. The van der Waals surface area contributed by atoms with Gasteiger partial charge in [-0.2, -0.15) is 0 Å². The standard InChI is InChI=1S/C27H37ClN4O5S/c1-16(18-6-8-19(9-7-18)23-17(2)29-15-38-23)30-25(35)21-12-20(33)13-32(21)26(36)24(27(3,4)5)31-22(34)14-37-11-10-28/h6-9,15-16,20-21,24,33H,10-14H2,1-5H3,(H,30,35)(H,31,34)/t16-,20+,21-,24-/m0/s1. The Morgan fingerprint density at radius 3 is 2.50 bits per heavy atom. The van der Waals surface area contributed by atoms with Crippen molar-refractivity contribution in [1.82, 2.24) is 20.5 Å². The average Bonchev–Trinajstić information content (AvgIpc) is 3.47. The minimum atomic E-state index is -0.907. The van der Waals surface area contributed by atoms with Gasteiger partial charge in [0.05, 0.1) is 34.8 Å². The quantitative estimate of drug-likeness (QED) is 0.301. The summed E-state index contributed by atoms with van der Waals surface area (Å²) in [5, 5.41) is 16.1. The van der Waals surface area contributed by atoms with Crippen LogP contribution < -0.4 is 10.6 Å². The number of hydrogen-bond acceptors (Lipinski definition) is 7. The number of ether oxygens (including phenoxy) is 1. The molecule has 0 bridgehead atoms. The van der Waals surface area contributed by atoms with E-state index in [0.717, 1.165) is 21.7 Å². The molecule has 2 aromatic rings. The van der Waals surface area contributed by atoms with Crippen molar-refractivity contribution in [2.24, 2.45) is 5.41 Å². The summed E-state index contributed by atoms with van der Waals surface area (Å²) >= 11 is 7.17. The SMILES string of the molecule is Cc1ncsc1-c1ccc([C@H](C)NC(=O)[C@@H]2C[C@@H](O)CN2C(=O)[C@H](NC(=O)COCCCl)C(C)(C)C)cc1. The second-order valence-corrected chi connectivity index (χ2v) is 11.9. The van der Waals surface area contributed by atoms with E-state index in [0.29, 0.717) is 0 Å². The van der Waals surface area contributed by atoms with Crippen LogP contribution in [0.3, 0.4) is 0 Å². The lowest BCUT2D eigenvalue weighted by atomic mass is 9.85. The molecule has 11 heteroatoms. The van der Waals surface area contributed by atoms with Gasteiger partial charge in [0.2, 0.25) is 17.7 Å². The third-order valence-electron chi connectivity index (χ3n) is 6.51. The van der Waals surface area contributed by atoms with Crippen molar-refractivity contribution in [1.29, 1.82) is 0 Å². The van der Waals surface area contributed by atoms with Crippen LogP contribution in [0.4, 0.5) is 0 Å². The second kappa shape index (κ2) is 13.0. The maximum atomic E-state index is 13.6. The van der Waals surface area contributed by atoms with Gasteiger partial charge >= 0.3 is 0 Å². The van der Waals surface area contributed by atoms with Gasteiger partial charge in [0, 0.05) is 18.8 Å². The minimum Gasteiger partial charge on any atom is -0.391 e. The fourth-order valence-corrected chi connectivity index (χ4v) is 5.36. The van der Waals surface area contributed by atoms with Crippen LogP contribution in [0.2, 0.25) is 0 Å². The fraction of sp³-hybridized carbons (Fsp3) is 0.556. The Bertz CT molecular complexity index is 1120. The predicted molar refractivity (Wildman–Crippen MR) is 148 cm³/mol. The molecule has 2 heterocycles. The van der Waals surface area contributed by atoms with Gasteiger partial charge in [0.25, 0.3) is 0 Å². The zero-order valence-corrected chi connectivity index (χ0v) is 24.1. The molecule has 0 aliphatic carbocycles. The van der Waals surface area contributed by atoms with Gasteiger partial charge in [-0.15, -0.1) is 22.9 Å². The number of aromatic nitrogens is 1. The number of amides is 3. The first-order chi connectivity index (χ1) is 17.9. The highest BCUT2D eigenvalue weighted by Crippen LogP contribution is 2.29. The number of aliphatic hydroxyl groups excluding tert-OH is 1. The van der Waals surface area contributed by atoms with Crippen LogP contribution in [-0.4, -0.2) is 76.5 Å². The first-order valence-electron chi connectivity index (χ1n) is 12.6. The number of nitrogens with one attached hydrogen (secondary N) is 2. The lowest BCUT2D eigenvalue weighted by Gasteiger charge is -2.35. The number of carbonyl (C=O) groups excluding carboxylic acids is 3. The molecule has 38 heavy (non-hydrogen) atoms. The van der Waals surface area contributed by atoms with Crippen LogP contribution in [0.5, 0.6) is 0 Å². The second-order valence-electron chi connectivity index (χ2n) is 10.6. The predicted octanol–water partition coefficient (Wildman–Crippen LogP) is 3.04. The van der Waals surface area contributed by atoms with Crippen LogP contribution in [0.1, 0.15) is 51.4 Å². The molecular weight excluding hydrogens is 528 g/mol. The van der Waals surface area contributed by atoms with Gasteiger partial charge in [-0.3, -0.25) is 14.4 Å². The van der Waals surface area contributed by atoms with Gasteiger partial charge in [-0.25, -0.2) is 4.98 Å². The summed E-state index contributed by atoms with van der Waals surface area (Å²) in [5.41, 5.74) is 4.12. The van der Waals surface area contributed by atoms with Gasteiger partial charge in [0.15, 0.2) is 0 Å². The zero-order chi connectivity index (χ0) is 28.0. The van der Waals surface area contributed by atoms with E-state index in [-0.39, 0.29) is 44.0 Å². The Hall–Kier alpha value is -2.53. The van der Waals surface area contributed by atoms with Crippen molar-refractivity contribution >= 4 is 40.7 Å². The van der Waals surface area contributed by atoms with Crippen molar-refractivity contribution < 1.29 is 24.2 Å². The summed E-state index contributed by atoms with van der Waals surface area (Å²) in [6.07, 6.45) is -0.715. The summed E-state index contributed by atoms with van der Waals surface area (Å²) in [6, 6.07) is 5.85. The third-order valence-corrected chi connectivity index (χ3v) is 7.65. The Balaban J connectivity index is 1.69. The molecule has 9 nitrogen and oxygen atoms in total. The van der Waals surface area contributed by atoms with Crippen LogP contribution in [-0.2, 0) is 19.1 Å². The monoisotopic (exact) mass is 564 g/mol. The molecule has 208 valence electrons. The van der Waals surface area contributed by atoms with E-state index in [9.17, 15) is 19.5 Å². The number of aryl methyl sites for hydroxylation is 1. The van der Waals surface area contributed by atoms with E-state index < -0.39 is 35.4 Å². The van der Waals surface area contributed by atoms with Crippen LogP contribution in [0.15, 0.2) is 29.8 Å². The van der Waals surface area contributed by atoms with E-state index in [1.165, 1.54) is 4.90 Å². The van der Waals surface area contributed by atoms with Gasteiger partial charge in [-0.05, 0) is 30.4 Å². The first-order valence-corrected chi connectivity index (χ1v) is 14.1. The van der Waals surface area contributed by atoms with Crippen molar-refractivity contribution in [3.05, 3.63) is 41.0 Å². The number of likely N-dealkylation sites (tertiary alicyclic amines) is 1. The highest BCUT2D eigenvalue weighted by atomic mass is 35.5. The molecule has 3 N–H and O–H groups in total. The van der Waals surface area contributed by atoms with E-state index in [1.54, 1.807) is 11.3 Å². The summed E-state index contributed by atoms with van der Waals surface area (Å²) in [6.45, 7) is 9.34. The van der Waals surface area contributed by atoms with Crippen molar-refractivity contribution in [2.75, 3.05) is 25.6 Å². The number of hydrogen-bond donors (Lipinski definition) is 3. The number of thiazole rings is 1. The van der Waals surface area contributed by atoms with Crippen LogP contribution >= 0.6 is 22.9 Å². The number of halogens is 1. The minimum absolute atomic E-state index is 0.0133. The molecule has 0 spiro atoms. The number of alkyl halides is 1. The number of rotatable bonds is 10. The van der Waals surface area contributed by atoms with Gasteiger partial charge in [-0.1, -0.05) is 45.0 Å². The third kappa shape index (κ3) is 7.53. The molecule has 4 atom stereocenters. The summed E-state index contributed by atoms with van der Waals surface area (Å²) in [4.78, 5) is 46.1. The number of β-amino-alcohol motifs (C(OH)–C–C–N with tert-alkyl or cyclic N) is 1. The molecule has 1 aliphatic rings. The number of aliphatic hydroxyl groups is 1. The number of benzene rings is 1. The highest BCUT2D eigenvalue weighted by molar-refractivity contribution is 7.13. The molecule has 3 amide bonds. The fourth-order valence-electron chi connectivity index (χ4n) is 4.44. The number of nitrogens with zero attached hydrogens (tertiary/aromatic N) is 2.